The van der Waals surface area contributed by atoms with Gasteiger partial charge in [0.05, 0.1) is 10.6 Å². The molecule has 3 rings (SSSR count). The molecule has 0 fully saturated rings. The average Bonchev–Trinajstić information content (AvgIpc) is 2.72. The van der Waals surface area contributed by atoms with Gasteiger partial charge in [-0.3, -0.25) is 9.52 Å². The molecular formula is C24H26N2O4S. The third kappa shape index (κ3) is 6.08. The first-order valence-corrected chi connectivity index (χ1v) is 11.3. The standard InChI is InChI=1S/C24H26N2O4S/c1-24(2,3)21-14-7-8-15-22(21)30-17-23(27)25-18-10-9-11-19(16-18)26-31(28,29)20-12-5-4-6-13-20/h4-16,26H,17H2,1-3H3,(H,25,27). The van der Waals surface area contributed by atoms with Crippen molar-refractivity contribution in [3.05, 3.63) is 84.4 Å². The SMILES string of the molecule is CC(C)(C)c1ccccc1OCC(=O)Nc1cccc(NS(=O)(=O)c2ccccc2)c1. The molecule has 7 heteroatoms. The summed E-state index contributed by atoms with van der Waals surface area (Å²) in [6, 6.07) is 22.2. The highest BCUT2D eigenvalue weighted by molar-refractivity contribution is 7.92. The van der Waals surface area contributed by atoms with E-state index in [1.807, 2.05) is 24.3 Å². The predicted molar refractivity (Wildman–Crippen MR) is 123 cm³/mol. The van der Waals surface area contributed by atoms with Crippen LogP contribution >= 0.6 is 0 Å². The first-order valence-electron chi connectivity index (χ1n) is 9.85. The Morgan fingerprint density at radius 1 is 0.871 bits per heavy atom. The van der Waals surface area contributed by atoms with Gasteiger partial charge in [0.15, 0.2) is 6.61 Å². The fourth-order valence-electron chi connectivity index (χ4n) is 3.03. The summed E-state index contributed by atoms with van der Waals surface area (Å²) >= 11 is 0. The van der Waals surface area contributed by atoms with Crippen LogP contribution in [0.1, 0.15) is 26.3 Å². The molecule has 31 heavy (non-hydrogen) atoms. The second-order valence-electron chi connectivity index (χ2n) is 8.08. The van der Waals surface area contributed by atoms with Gasteiger partial charge in [-0.2, -0.15) is 0 Å². The average molecular weight is 439 g/mol. The number of hydrogen-bond acceptors (Lipinski definition) is 4. The third-order valence-electron chi connectivity index (χ3n) is 4.51. The molecule has 0 radical (unpaired) electrons. The highest BCUT2D eigenvalue weighted by Gasteiger charge is 2.19. The number of rotatable bonds is 7. The molecule has 0 aromatic heterocycles. The van der Waals surface area contributed by atoms with Crippen LogP contribution in [0.2, 0.25) is 0 Å². The molecule has 3 aromatic rings. The first kappa shape index (κ1) is 22.4. The van der Waals surface area contributed by atoms with Gasteiger partial charge in [0.25, 0.3) is 15.9 Å². The minimum atomic E-state index is -3.71. The van der Waals surface area contributed by atoms with Crippen molar-refractivity contribution < 1.29 is 17.9 Å². The summed E-state index contributed by atoms with van der Waals surface area (Å²) in [5.41, 5.74) is 1.71. The van der Waals surface area contributed by atoms with E-state index in [1.165, 1.54) is 12.1 Å². The van der Waals surface area contributed by atoms with Crippen LogP contribution < -0.4 is 14.8 Å². The van der Waals surface area contributed by atoms with Gasteiger partial charge in [-0.15, -0.1) is 0 Å². The molecule has 0 heterocycles. The van der Waals surface area contributed by atoms with E-state index >= 15 is 0 Å². The van der Waals surface area contributed by atoms with E-state index in [-0.39, 0.29) is 22.8 Å². The zero-order valence-electron chi connectivity index (χ0n) is 17.8. The van der Waals surface area contributed by atoms with Gasteiger partial charge in [-0.05, 0) is 47.4 Å². The highest BCUT2D eigenvalue weighted by Crippen LogP contribution is 2.31. The molecular weight excluding hydrogens is 412 g/mol. The summed E-state index contributed by atoms with van der Waals surface area (Å²) in [6.45, 7) is 6.08. The van der Waals surface area contributed by atoms with Crippen LogP contribution in [0, 0.1) is 0 Å². The maximum absolute atomic E-state index is 12.5. The first-order chi connectivity index (χ1) is 14.6. The molecule has 0 saturated carbocycles. The number of sulfonamides is 1. The van der Waals surface area contributed by atoms with Gasteiger partial charge in [0.2, 0.25) is 0 Å². The zero-order valence-corrected chi connectivity index (χ0v) is 18.6. The molecule has 162 valence electrons. The van der Waals surface area contributed by atoms with E-state index in [0.29, 0.717) is 17.1 Å². The number of anilines is 2. The third-order valence-corrected chi connectivity index (χ3v) is 5.90. The molecule has 0 aliphatic heterocycles. The van der Waals surface area contributed by atoms with Crippen molar-refractivity contribution >= 4 is 27.3 Å². The number of carbonyl (C=O) groups is 1. The lowest BCUT2D eigenvalue weighted by molar-refractivity contribution is -0.118. The van der Waals surface area contributed by atoms with E-state index in [0.717, 1.165) is 5.56 Å². The number of para-hydroxylation sites is 1. The van der Waals surface area contributed by atoms with Crippen molar-refractivity contribution in [1.29, 1.82) is 0 Å². The van der Waals surface area contributed by atoms with E-state index in [4.69, 9.17) is 4.74 Å². The number of hydrogen-bond donors (Lipinski definition) is 2. The smallest absolute Gasteiger partial charge is 0.262 e. The van der Waals surface area contributed by atoms with Crippen molar-refractivity contribution in [1.82, 2.24) is 0 Å². The van der Waals surface area contributed by atoms with Crippen LogP contribution in [0.25, 0.3) is 0 Å². The van der Waals surface area contributed by atoms with Crippen molar-refractivity contribution in [2.75, 3.05) is 16.6 Å². The Bertz CT molecular complexity index is 1150. The molecule has 0 saturated heterocycles. The topological polar surface area (TPSA) is 84.5 Å². The van der Waals surface area contributed by atoms with Gasteiger partial charge >= 0.3 is 0 Å². The summed E-state index contributed by atoms with van der Waals surface area (Å²) in [7, 11) is -3.71. The van der Waals surface area contributed by atoms with E-state index in [9.17, 15) is 13.2 Å². The van der Waals surface area contributed by atoms with Gasteiger partial charge in [-0.1, -0.05) is 63.2 Å². The Labute approximate surface area is 183 Å². The number of ether oxygens (including phenoxy) is 1. The van der Waals surface area contributed by atoms with E-state index in [2.05, 4.69) is 30.8 Å². The minimum Gasteiger partial charge on any atom is -0.483 e. The van der Waals surface area contributed by atoms with Gasteiger partial charge < -0.3 is 10.1 Å². The Balaban J connectivity index is 1.65. The molecule has 0 aliphatic carbocycles. The quantitative estimate of drug-likeness (QED) is 0.555. The molecule has 2 N–H and O–H groups in total. The summed E-state index contributed by atoms with van der Waals surface area (Å²) < 4.78 is 33.2. The van der Waals surface area contributed by atoms with E-state index in [1.54, 1.807) is 42.5 Å². The Kier molecular flexibility index (Phi) is 6.65. The predicted octanol–water partition coefficient (Wildman–Crippen LogP) is 4.80. The molecule has 6 nitrogen and oxygen atoms in total. The van der Waals surface area contributed by atoms with Crippen LogP contribution in [0.5, 0.6) is 5.75 Å². The summed E-state index contributed by atoms with van der Waals surface area (Å²) in [6.07, 6.45) is 0. The summed E-state index contributed by atoms with van der Waals surface area (Å²) in [5, 5.41) is 2.74. The fourth-order valence-corrected chi connectivity index (χ4v) is 4.10. The van der Waals surface area contributed by atoms with Gasteiger partial charge in [0, 0.05) is 5.69 Å². The van der Waals surface area contributed by atoms with Crippen LogP contribution in [-0.4, -0.2) is 20.9 Å². The second kappa shape index (κ2) is 9.22. The second-order valence-corrected chi connectivity index (χ2v) is 9.76. The van der Waals surface area contributed by atoms with Gasteiger partial charge in [-0.25, -0.2) is 8.42 Å². The largest absolute Gasteiger partial charge is 0.483 e. The lowest BCUT2D eigenvalue weighted by Crippen LogP contribution is -2.22. The zero-order chi connectivity index (χ0) is 22.5. The summed E-state index contributed by atoms with van der Waals surface area (Å²) in [5.74, 6) is 0.321. The molecule has 0 spiro atoms. The Morgan fingerprint density at radius 3 is 2.23 bits per heavy atom. The molecule has 0 bridgehead atoms. The highest BCUT2D eigenvalue weighted by atomic mass is 32.2. The van der Waals surface area contributed by atoms with E-state index < -0.39 is 10.0 Å². The van der Waals surface area contributed by atoms with Gasteiger partial charge in [0.1, 0.15) is 5.75 Å². The van der Waals surface area contributed by atoms with Crippen LogP contribution in [-0.2, 0) is 20.2 Å². The lowest BCUT2D eigenvalue weighted by atomic mass is 9.86. The van der Waals surface area contributed by atoms with Crippen LogP contribution in [0.15, 0.2) is 83.8 Å². The van der Waals surface area contributed by atoms with Crippen molar-refractivity contribution in [2.45, 2.75) is 31.1 Å². The molecule has 3 aromatic carbocycles. The minimum absolute atomic E-state index is 0.114. The number of benzene rings is 3. The van der Waals surface area contributed by atoms with Crippen molar-refractivity contribution in [3.8, 4) is 5.75 Å². The Morgan fingerprint density at radius 2 is 1.52 bits per heavy atom. The maximum Gasteiger partial charge on any atom is 0.262 e. The van der Waals surface area contributed by atoms with Crippen molar-refractivity contribution in [3.63, 3.8) is 0 Å². The molecule has 0 aliphatic rings. The summed E-state index contributed by atoms with van der Waals surface area (Å²) in [4.78, 5) is 12.6. The number of amides is 1. The molecule has 0 atom stereocenters. The van der Waals surface area contributed by atoms with Crippen molar-refractivity contribution in [2.24, 2.45) is 0 Å². The molecule has 1 amide bonds. The van der Waals surface area contributed by atoms with Crippen LogP contribution in [0.4, 0.5) is 11.4 Å². The number of nitrogens with one attached hydrogen (secondary N) is 2. The Hall–Kier alpha value is -3.32. The molecule has 0 unspecified atom stereocenters. The maximum atomic E-state index is 12.5. The van der Waals surface area contributed by atoms with Crippen LogP contribution in [0.3, 0.4) is 0 Å². The lowest BCUT2D eigenvalue weighted by Gasteiger charge is -2.22. The normalized spacial score (nSPS) is 11.6. The monoisotopic (exact) mass is 438 g/mol. The number of carbonyl (C=O) groups excluding carboxylic acids is 1. The fraction of sp³-hybridized carbons (Fsp3) is 0.208.